The summed E-state index contributed by atoms with van der Waals surface area (Å²) in [5, 5.41) is 10.6. The standard InChI is InChI=1S/C10H11NO4/c1-7-3-4-8(6-10(12)15-2)5-9(7)11(13)14/h3-5H,6H2,1-2H3. The molecule has 0 aromatic heterocycles. The van der Waals surface area contributed by atoms with Crippen molar-refractivity contribution in [1.29, 1.82) is 0 Å². The molecule has 0 saturated carbocycles. The van der Waals surface area contributed by atoms with E-state index in [1.54, 1.807) is 19.1 Å². The number of nitro groups is 1. The second-order valence-electron chi connectivity index (χ2n) is 3.13. The van der Waals surface area contributed by atoms with Crippen LogP contribution >= 0.6 is 0 Å². The third-order valence-corrected chi connectivity index (χ3v) is 2.05. The van der Waals surface area contributed by atoms with Gasteiger partial charge >= 0.3 is 5.97 Å². The highest BCUT2D eigenvalue weighted by atomic mass is 16.6. The van der Waals surface area contributed by atoms with Gasteiger partial charge in [0.05, 0.1) is 18.5 Å². The van der Waals surface area contributed by atoms with Crippen molar-refractivity contribution in [3.63, 3.8) is 0 Å². The smallest absolute Gasteiger partial charge is 0.309 e. The van der Waals surface area contributed by atoms with Crippen molar-refractivity contribution >= 4 is 11.7 Å². The first-order valence-electron chi connectivity index (χ1n) is 4.35. The first kappa shape index (κ1) is 11.2. The molecule has 0 unspecified atom stereocenters. The number of benzene rings is 1. The van der Waals surface area contributed by atoms with E-state index in [1.165, 1.54) is 13.2 Å². The van der Waals surface area contributed by atoms with Gasteiger partial charge in [0, 0.05) is 11.6 Å². The van der Waals surface area contributed by atoms with E-state index < -0.39 is 10.9 Å². The molecule has 5 nitrogen and oxygen atoms in total. The van der Waals surface area contributed by atoms with Crippen LogP contribution < -0.4 is 0 Å². The van der Waals surface area contributed by atoms with Crippen molar-refractivity contribution in [2.45, 2.75) is 13.3 Å². The molecule has 5 heteroatoms. The quantitative estimate of drug-likeness (QED) is 0.431. The Kier molecular flexibility index (Phi) is 3.38. The number of nitrogens with zero attached hydrogens (tertiary/aromatic N) is 1. The van der Waals surface area contributed by atoms with Crippen LogP contribution in [-0.4, -0.2) is 18.0 Å². The summed E-state index contributed by atoms with van der Waals surface area (Å²) in [7, 11) is 1.28. The first-order valence-corrected chi connectivity index (χ1v) is 4.35. The minimum atomic E-state index is -0.462. The molecule has 80 valence electrons. The van der Waals surface area contributed by atoms with E-state index in [0.717, 1.165) is 0 Å². The predicted molar refractivity (Wildman–Crippen MR) is 53.6 cm³/mol. The highest BCUT2D eigenvalue weighted by Crippen LogP contribution is 2.19. The summed E-state index contributed by atoms with van der Waals surface area (Å²) < 4.78 is 4.48. The Morgan fingerprint density at radius 2 is 2.20 bits per heavy atom. The second-order valence-corrected chi connectivity index (χ2v) is 3.13. The lowest BCUT2D eigenvalue weighted by atomic mass is 10.1. The summed E-state index contributed by atoms with van der Waals surface area (Å²) in [6, 6.07) is 4.70. The number of ether oxygens (including phenoxy) is 1. The zero-order valence-corrected chi connectivity index (χ0v) is 8.52. The van der Waals surface area contributed by atoms with Gasteiger partial charge in [-0.25, -0.2) is 0 Å². The molecule has 0 heterocycles. The molecule has 0 aliphatic carbocycles. The van der Waals surface area contributed by atoms with Crippen molar-refractivity contribution in [2.75, 3.05) is 7.11 Å². The van der Waals surface area contributed by atoms with E-state index in [-0.39, 0.29) is 12.1 Å². The van der Waals surface area contributed by atoms with E-state index in [2.05, 4.69) is 4.74 Å². The third-order valence-electron chi connectivity index (χ3n) is 2.05. The van der Waals surface area contributed by atoms with Crippen molar-refractivity contribution in [3.05, 3.63) is 39.4 Å². The average molecular weight is 209 g/mol. The number of methoxy groups -OCH3 is 1. The Bertz CT molecular complexity index is 400. The Morgan fingerprint density at radius 3 is 2.73 bits per heavy atom. The monoisotopic (exact) mass is 209 g/mol. The SMILES string of the molecule is COC(=O)Cc1ccc(C)c([N+](=O)[O-])c1. The van der Waals surface area contributed by atoms with Gasteiger partial charge in [-0.15, -0.1) is 0 Å². The molecule has 0 N–H and O–H groups in total. The van der Waals surface area contributed by atoms with Crippen molar-refractivity contribution in [3.8, 4) is 0 Å². The molecule has 0 aliphatic rings. The fraction of sp³-hybridized carbons (Fsp3) is 0.300. The van der Waals surface area contributed by atoms with Crippen molar-refractivity contribution < 1.29 is 14.5 Å². The Labute approximate surface area is 86.8 Å². The Morgan fingerprint density at radius 1 is 1.53 bits per heavy atom. The predicted octanol–water partition coefficient (Wildman–Crippen LogP) is 1.62. The fourth-order valence-electron chi connectivity index (χ4n) is 1.20. The van der Waals surface area contributed by atoms with Crippen LogP contribution in [0.3, 0.4) is 0 Å². The van der Waals surface area contributed by atoms with E-state index in [1.807, 2.05) is 0 Å². The number of hydrogen-bond acceptors (Lipinski definition) is 4. The number of esters is 1. The minimum Gasteiger partial charge on any atom is -0.469 e. The van der Waals surface area contributed by atoms with Crippen molar-refractivity contribution in [2.24, 2.45) is 0 Å². The maximum absolute atomic E-state index is 11.0. The summed E-state index contributed by atoms with van der Waals surface area (Å²) in [5.74, 6) is -0.409. The van der Waals surface area contributed by atoms with E-state index >= 15 is 0 Å². The Hall–Kier alpha value is -1.91. The van der Waals surface area contributed by atoms with Gasteiger partial charge in [-0.2, -0.15) is 0 Å². The van der Waals surface area contributed by atoms with Crippen LogP contribution in [0, 0.1) is 17.0 Å². The summed E-state index contributed by atoms with van der Waals surface area (Å²) in [6.45, 7) is 1.65. The molecule has 0 aliphatic heterocycles. The molecule has 1 aromatic rings. The molecule has 1 rings (SSSR count). The molecule has 0 atom stereocenters. The number of hydrogen-bond donors (Lipinski definition) is 0. The molecule has 0 amide bonds. The van der Waals surface area contributed by atoms with Crippen LogP contribution in [0.5, 0.6) is 0 Å². The van der Waals surface area contributed by atoms with Gasteiger partial charge in [0.15, 0.2) is 0 Å². The summed E-state index contributed by atoms with van der Waals surface area (Å²) in [6.07, 6.45) is 0.0532. The minimum absolute atomic E-state index is 0.0244. The topological polar surface area (TPSA) is 69.4 Å². The van der Waals surface area contributed by atoms with Gasteiger partial charge in [0.25, 0.3) is 5.69 Å². The summed E-state index contributed by atoms with van der Waals surface area (Å²) in [5.41, 5.74) is 1.18. The lowest BCUT2D eigenvalue weighted by molar-refractivity contribution is -0.385. The van der Waals surface area contributed by atoms with Gasteiger partial charge in [-0.05, 0) is 12.5 Å². The van der Waals surface area contributed by atoms with Crippen LogP contribution in [0.25, 0.3) is 0 Å². The van der Waals surface area contributed by atoms with E-state index in [0.29, 0.717) is 11.1 Å². The van der Waals surface area contributed by atoms with Gasteiger partial charge < -0.3 is 4.74 Å². The highest BCUT2D eigenvalue weighted by Gasteiger charge is 2.12. The molecular weight excluding hydrogens is 198 g/mol. The normalized spacial score (nSPS) is 9.73. The van der Waals surface area contributed by atoms with Crippen LogP contribution in [0.2, 0.25) is 0 Å². The zero-order valence-electron chi connectivity index (χ0n) is 8.52. The zero-order chi connectivity index (χ0) is 11.4. The average Bonchev–Trinajstić information content (AvgIpc) is 2.20. The molecule has 15 heavy (non-hydrogen) atoms. The summed E-state index contributed by atoms with van der Waals surface area (Å²) in [4.78, 5) is 21.1. The largest absolute Gasteiger partial charge is 0.469 e. The number of rotatable bonds is 3. The fourth-order valence-corrected chi connectivity index (χ4v) is 1.20. The number of carbonyl (C=O) groups excluding carboxylic acids is 1. The number of nitro benzene ring substituents is 1. The maximum Gasteiger partial charge on any atom is 0.309 e. The number of carbonyl (C=O) groups is 1. The molecule has 0 radical (unpaired) electrons. The molecule has 0 spiro atoms. The van der Waals surface area contributed by atoms with Crippen LogP contribution in [0.15, 0.2) is 18.2 Å². The maximum atomic E-state index is 11.0. The van der Waals surface area contributed by atoms with E-state index in [9.17, 15) is 14.9 Å². The molecular formula is C10H11NO4. The van der Waals surface area contributed by atoms with Gasteiger partial charge in [-0.1, -0.05) is 12.1 Å². The van der Waals surface area contributed by atoms with Gasteiger partial charge in [-0.3, -0.25) is 14.9 Å². The van der Waals surface area contributed by atoms with E-state index in [4.69, 9.17) is 0 Å². The lowest BCUT2D eigenvalue weighted by Gasteiger charge is -2.01. The van der Waals surface area contributed by atoms with Crippen LogP contribution in [0.1, 0.15) is 11.1 Å². The molecule has 0 fully saturated rings. The first-order chi connectivity index (χ1) is 7.04. The second kappa shape index (κ2) is 4.54. The molecule has 0 saturated heterocycles. The van der Waals surface area contributed by atoms with Gasteiger partial charge in [0.2, 0.25) is 0 Å². The molecule has 1 aromatic carbocycles. The Balaban J connectivity index is 2.97. The summed E-state index contributed by atoms with van der Waals surface area (Å²) >= 11 is 0. The molecule has 0 bridgehead atoms. The van der Waals surface area contributed by atoms with Crippen LogP contribution in [0.4, 0.5) is 5.69 Å². The highest BCUT2D eigenvalue weighted by molar-refractivity contribution is 5.72. The van der Waals surface area contributed by atoms with Crippen LogP contribution in [-0.2, 0) is 16.0 Å². The number of aryl methyl sites for hydroxylation is 1. The lowest BCUT2D eigenvalue weighted by Crippen LogP contribution is -2.05. The third kappa shape index (κ3) is 2.77. The van der Waals surface area contributed by atoms with Crippen molar-refractivity contribution in [1.82, 2.24) is 0 Å². The van der Waals surface area contributed by atoms with Gasteiger partial charge in [0.1, 0.15) is 0 Å².